The van der Waals surface area contributed by atoms with Crippen molar-refractivity contribution in [2.45, 2.75) is 32.7 Å². The van der Waals surface area contributed by atoms with Crippen molar-refractivity contribution in [1.82, 2.24) is 4.90 Å². The molecule has 0 aromatic heterocycles. The molecule has 0 N–H and O–H groups in total. The van der Waals surface area contributed by atoms with Gasteiger partial charge in [-0.05, 0) is 25.5 Å². The van der Waals surface area contributed by atoms with Crippen molar-refractivity contribution in [2.24, 2.45) is 0 Å². The molecule has 1 atom stereocenters. The van der Waals surface area contributed by atoms with E-state index in [0.717, 1.165) is 19.1 Å². The number of para-hydroxylation sites is 1. The number of nitrogens with zero attached hydrogens (tertiary/aromatic N) is 2. The highest BCUT2D eigenvalue weighted by molar-refractivity contribution is 5.46. The minimum atomic E-state index is 0.748. The van der Waals surface area contributed by atoms with E-state index in [0.29, 0.717) is 0 Å². The van der Waals surface area contributed by atoms with Gasteiger partial charge in [0.25, 0.3) is 0 Å². The summed E-state index contributed by atoms with van der Waals surface area (Å²) in [5.74, 6) is 0. The lowest BCUT2D eigenvalue weighted by atomic mass is 10.1. The third-order valence-electron chi connectivity index (χ3n) is 3.77. The van der Waals surface area contributed by atoms with E-state index in [4.69, 9.17) is 0 Å². The molecule has 1 heterocycles. The average Bonchev–Trinajstić information content (AvgIpc) is 2.40. The average molecular weight is 232 g/mol. The van der Waals surface area contributed by atoms with Crippen molar-refractivity contribution in [2.75, 3.05) is 31.1 Å². The predicted molar refractivity (Wildman–Crippen MR) is 74.6 cm³/mol. The van der Waals surface area contributed by atoms with Gasteiger partial charge in [0.1, 0.15) is 0 Å². The largest absolute Gasteiger partial charge is 0.369 e. The molecule has 1 saturated heterocycles. The molecule has 0 radical (unpaired) electrons. The number of hydrogen-bond acceptors (Lipinski definition) is 2. The Morgan fingerprint density at radius 1 is 1.06 bits per heavy atom. The molecule has 0 spiro atoms. The normalized spacial score (nSPS) is 19.3. The molecule has 1 aliphatic rings. The molecule has 94 valence electrons. The highest BCUT2D eigenvalue weighted by Gasteiger charge is 2.20. The maximum Gasteiger partial charge on any atom is 0.0367 e. The summed E-state index contributed by atoms with van der Waals surface area (Å²) in [5.41, 5.74) is 1.37. The summed E-state index contributed by atoms with van der Waals surface area (Å²) in [7, 11) is 0. The van der Waals surface area contributed by atoms with E-state index in [1.165, 1.54) is 31.6 Å². The second-order valence-electron chi connectivity index (χ2n) is 5.00. The van der Waals surface area contributed by atoms with E-state index in [2.05, 4.69) is 54.0 Å². The summed E-state index contributed by atoms with van der Waals surface area (Å²) >= 11 is 0. The van der Waals surface area contributed by atoms with E-state index in [1.54, 1.807) is 0 Å². The van der Waals surface area contributed by atoms with Gasteiger partial charge in [-0.2, -0.15) is 0 Å². The summed E-state index contributed by atoms with van der Waals surface area (Å²) in [5, 5.41) is 0. The van der Waals surface area contributed by atoms with Crippen molar-refractivity contribution >= 4 is 5.69 Å². The fourth-order valence-corrected chi connectivity index (χ4v) is 2.66. The van der Waals surface area contributed by atoms with Crippen LogP contribution in [0.3, 0.4) is 0 Å². The molecule has 1 aliphatic heterocycles. The summed E-state index contributed by atoms with van der Waals surface area (Å²) < 4.78 is 0. The highest BCUT2D eigenvalue weighted by Crippen LogP contribution is 2.17. The molecule has 1 unspecified atom stereocenters. The minimum Gasteiger partial charge on any atom is -0.369 e. The maximum absolute atomic E-state index is 2.63. The Balaban J connectivity index is 1.86. The molecule has 0 saturated carbocycles. The lowest BCUT2D eigenvalue weighted by Gasteiger charge is -2.39. The van der Waals surface area contributed by atoms with Crippen molar-refractivity contribution in [3.05, 3.63) is 30.3 Å². The van der Waals surface area contributed by atoms with Gasteiger partial charge >= 0.3 is 0 Å². The second kappa shape index (κ2) is 6.06. The number of rotatable bonds is 4. The lowest BCUT2D eigenvalue weighted by molar-refractivity contribution is 0.188. The first-order valence-corrected chi connectivity index (χ1v) is 6.85. The van der Waals surface area contributed by atoms with E-state index < -0.39 is 0 Å². The first-order chi connectivity index (χ1) is 8.31. The molecule has 2 rings (SSSR count). The van der Waals surface area contributed by atoms with Crippen LogP contribution in [0.4, 0.5) is 5.69 Å². The minimum absolute atomic E-state index is 0.748. The quantitative estimate of drug-likeness (QED) is 0.787. The smallest absolute Gasteiger partial charge is 0.0367 e. The van der Waals surface area contributed by atoms with Crippen LogP contribution in [0.15, 0.2) is 30.3 Å². The van der Waals surface area contributed by atoms with Gasteiger partial charge in [0, 0.05) is 37.9 Å². The van der Waals surface area contributed by atoms with Gasteiger partial charge in [-0.1, -0.05) is 31.5 Å². The van der Waals surface area contributed by atoms with Crippen LogP contribution in [0.25, 0.3) is 0 Å². The topological polar surface area (TPSA) is 6.48 Å². The van der Waals surface area contributed by atoms with Crippen LogP contribution in [-0.2, 0) is 0 Å². The number of hydrogen-bond donors (Lipinski definition) is 0. The van der Waals surface area contributed by atoms with Gasteiger partial charge in [0.2, 0.25) is 0 Å². The van der Waals surface area contributed by atoms with Gasteiger partial charge in [-0.3, -0.25) is 4.90 Å². The molecule has 0 aliphatic carbocycles. The Hall–Kier alpha value is -1.02. The van der Waals surface area contributed by atoms with Crippen LogP contribution < -0.4 is 4.90 Å². The third-order valence-corrected chi connectivity index (χ3v) is 3.77. The number of piperazine rings is 1. The molecule has 1 aromatic carbocycles. The second-order valence-corrected chi connectivity index (χ2v) is 5.00. The van der Waals surface area contributed by atoms with Gasteiger partial charge < -0.3 is 4.90 Å². The monoisotopic (exact) mass is 232 g/mol. The Labute approximate surface area is 105 Å². The lowest BCUT2D eigenvalue weighted by Crippen LogP contribution is -2.49. The zero-order valence-electron chi connectivity index (χ0n) is 11.1. The van der Waals surface area contributed by atoms with E-state index >= 15 is 0 Å². The Morgan fingerprint density at radius 3 is 2.29 bits per heavy atom. The third kappa shape index (κ3) is 3.22. The zero-order chi connectivity index (χ0) is 12.1. The molecular weight excluding hydrogens is 208 g/mol. The Morgan fingerprint density at radius 2 is 1.71 bits per heavy atom. The van der Waals surface area contributed by atoms with Gasteiger partial charge in [-0.25, -0.2) is 0 Å². The Kier molecular flexibility index (Phi) is 4.43. The van der Waals surface area contributed by atoms with Gasteiger partial charge in [-0.15, -0.1) is 0 Å². The van der Waals surface area contributed by atoms with Crippen LogP contribution in [0.2, 0.25) is 0 Å². The Bertz CT molecular complexity index is 315. The standard InChI is InChI=1S/C15H24N2/c1-3-7-14(2)16-10-12-17(13-11-16)15-8-5-4-6-9-15/h4-6,8-9,14H,3,7,10-13H2,1-2H3. The van der Waals surface area contributed by atoms with Crippen molar-refractivity contribution in [3.63, 3.8) is 0 Å². The fraction of sp³-hybridized carbons (Fsp3) is 0.600. The van der Waals surface area contributed by atoms with Crippen molar-refractivity contribution in [1.29, 1.82) is 0 Å². The predicted octanol–water partition coefficient (Wildman–Crippen LogP) is 3.00. The summed E-state index contributed by atoms with van der Waals surface area (Å²) in [6, 6.07) is 11.5. The summed E-state index contributed by atoms with van der Waals surface area (Å²) in [6.45, 7) is 9.38. The van der Waals surface area contributed by atoms with Crippen LogP contribution >= 0.6 is 0 Å². The van der Waals surface area contributed by atoms with Crippen LogP contribution in [0.5, 0.6) is 0 Å². The molecule has 2 heteroatoms. The van der Waals surface area contributed by atoms with E-state index in [1.807, 2.05) is 0 Å². The van der Waals surface area contributed by atoms with Gasteiger partial charge in [0.05, 0.1) is 0 Å². The number of benzene rings is 1. The first kappa shape index (κ1) is 12.4. The van der Waals surface area contributed by atoms with Gasteiger partial charge in [0.15, 0.2) is 0 Å². The number of anilines is 1. The van der Waals surface area contributed by atoms with Crippen LogP contribution in [0, 0.1) is 0 Å². The molecule has 0 amide bonds. The van der Waals surface area contributed by atoms with Crippen LogP contribution in [-0.4, -0.2) is 37.1 Å². The van der Waals surface area contributed by atoms with Crippen LogP contribution in [0.1, 0.15) is 26.7 Å². The summed E-state index contributed by atoms with van der Waals surface area (Å²) in [4.78, 5) is 5.12. The maximum atomic E-state index is 2.63. The van der Waals surface area contributed by atoms with Crippen molar-refractivity contribution < 1.29 is 0 Å². The van der Waals surface area contributed by atoms with Crippen molar-refractivity contribution in [3.8, 4) is 0 Å². The van der Waals surface area contributed by atoms with E-state index in [9.17, 15) is 0 Å². The molecule has 0 bridgehead atoms. The fourth-order valence-electron chi connectivity index (χ4n) is 2.66. The molecular formula is C15H24N2. The SMILES string of the molecule is CCCC(C)N1CCN(c2ccccc2)CC1. The van der Waals surface area contributed by atoms with E-state index in [-0.39, 0.29) is 0 Å². The first-order valence-electron chi connectivity index (χ1n) is 6.85. The molecule has 2 nitrogen and oxygen atoms in total. The molecule has 17 heavy (non-hydrogen) atoms. The highest BCUT2D eigenvalue weighted by atomic mass is 15.3. The zero-order valence-corrected chi connectivity index (χ0v) is 11.1. The molecule has 1 aromatic rings. The summed E-state index contributed by atoms with van der Waals surface area (Å²) in [6.07, 6.45) is 2.62. The molecule has 1 fully saturated rings.